The smallest absolute Gasteiger partial charge is 0.297 e. The molecule has 0 fully saturated rings. The molecular formula is C31H19ClFN3O4. The number of para-hydroxylation sites is 1. The van der Waals surface area contributed by atoms with Crippen LogP contribution in [0.5, 0.6) is 0 Å². The van der Waals surface area contributed by atoms with E-state index in [2.05, 4.69) is 4.98 Å². The summed E-state index contributed by atoms with van der Waals surface area (Å²) in [5.74, 6) is -2.00. The molecule has 0 saturated carbocycles. The van der Waals surface area contributed by atoms with Crippen molar-refractivity contribution < 1.29 is 18.4 Å². The van der Waals surface area contributed by atoms with Gasteiger partial charge >= 0.3 is 0 Å². The lowest BCUT2D eigenvalue weighted by Crippen LogP contribution is -2.54. The third kappa shape index (κ3) is 3.17. The van der Waals surface area contributed by atoms with Crippen LogP contribution in [0.1, 0.15) is 32.8 Å². The van der Waals surface area contributed by atoms with Crippen molar-refractivity contribution in [2.45, 2.75) is 19.0 Å². The molecule has 0 N–H and O–H groups in total. The molecule has 0 saturated heterocycles. The minimum Gasteiger partial charge on any atom is -0.450 e. The minimum absolute atomic E-state index is 0.0411. The van der Waals surface area contributed by atoms with Gasteiger partial charge in [0.25, 0.3) is 11.8 Å². The Kier molecular flexibility index (Phi) is 5.21. The highest BCUT2D eigenvalue weighted by Gasteiger charge is 2.66. The Morgan fingerprint density at radius 1 is 0.975 bits per heavy atom. The highest BCUT2D eigenvalue weighted by molar-refractivity contribution is 6.31. The average Bonchev–Trinajstić information content (AvgIpc) is 3.35. The van der Waals surface area contributed by atoms with Gasteiger partial charge in [0.2, 0.25) is 5.76 Å². The number of hydrogen-bond acceptors (Lipinski definition) is 5. The third-order valence-electron chi connectivity index (χ3n) is 7.50. The number of fused-ring (bicyclic) bond motifs is 5. The van der Waals surface area contributed by atoms with Crippen LogP contribution in [0.15, 0.2) is 94.3 Å². The maximum absolute atomic E-state index is 14.8. The summed E-state index contributed by atoms with van der Waals surface area (Å²) in [4.78, 5) is 50.4. The standard InChI is InChI=1S/C31H19ClFN3O4/c1-17-12-13-34-25(14-17)36-29(38)28-26(27(37)20-15-19(33)10-11-24(20)40-28)31(36)21-7-3-5-9-23(21)35(30(31)39)16-18-6-2-4-8-22(18)32/h2-15H,16H2,1H3. The van der Waals surface area contributed by atoms with E-state index in [4.69, 9.17) is 16.0 Å². The third-order valence-corrected chi connectivity index (χ3v) is 7.87. The second-order valence-corrected chi connectivity index (χ2v) is 10.2. The van der Waals surface area contributed by atoms with E-state index in [0.29, 0.717) is 21.8 Å². The van der Waals surface area contributed by atoms with Gasteiger partial charge < -0.3 is 9.32 Å². The van der Waals surface area contributed by atoms with E-state index in [1.54, 1.807) is 48.5 Å². The van der Waals surface area contributed by atoms with Gasteiger partial charge in [-0.2, -0.15) is 0 Å². The zero-order valence-electron chi connectivity index (χ0n) is 21.0. The van der Waals surface area contributed by atoms with Gasteiger partial charge in [0, 0.05) is 16.8 Å². The summed E-state index contributed by atoms with van der Waals surface area (Å²) in [6.07, 6.45) is 1.53. The first kappa shape index (κ1) is 24.2. The summed E-state index contributed by atoms with van der Waals surface area (Å²) in [7, 11) is 0. The Morgan fingerprint density at radius 3 is 2.55 bits per heavy atom. The van der Waals surface area contributed by atoms with E-state index in [-0.39, 0.29) is 34.7 Å². The van der Waals surface area contributed by atoms with E-state index in [1.807, 2.05) is 19.1 Å². The summed E-state index contributed by atoms with van der Waals surface area (Å²) < 4.78 is 20.3. The molecule has 0 bridgehead atoms. The summed E-state index contributed by atoms with van der Waals surface area (Å²) in [5.41, 5.74) is -0.343. The number of halogens is 2. The average molecular weight is 552 g/mol. The predicted molar refractivity (Wildman–Crippen MR) is 148 cm³/mol. The number of carbonyl (C=O) groups is 2. The second kappa shape index (κ2) is 8.59. The zero-order chi connectivity index (χ0) is 27.8. The number of pyridine rings is 1. The van der Waals surface area contributed by atoms with Gasteiger partial charge in [0.05, 0.1) is 23.2 Å². The molecule has 2 aliphatic heterocycles. The van der Waals surface area contributed by atoms with Gasteiger partial charge in [-0.3, -0.25) is 19.3 Å². The predicted octanol–water partition coefficient (Wildman–Crippen LogP) is 5.74. The van der Waals surface area contributed by atoms with E-state index >= 15 is 0 Å². The molecule has 7 nitrogen and oxygen atoms in total. The molecule has 4 heterocycles. The van der Waals surface area contributed by atoms with Crippen molar-refractivity contribution in [3.05, 3.63) is 134 Å². The molecule has 3 aromatic carbocycles. The maximum atomic E-state index is 14.8. The molecule has 1 atom stereocenters. The number of benzene rings is 3. The lowest BCUT2D eigenvalue weighted by atomic mass is 9.84. The van der Waals surface area contributed by atoms with Gasteiger partial charge in [0.1, 0.15) is 17.2 Å². The molecule has 9 heteroatoms. The van der Waals surface area contributed by atoms with Crippen molar-refractivity contribution in [2.75, 3.05) is 9.80 Å². The number of rotatable bonds is 3. The van der Waals surface area contributed by atoms with Crippen molar-refractivity contribution in [3.8, 4) is 0 Å². The first-order valence-corrected chi connectivity index (χ1v) is 12.9. The molecule has 0 radical (unpaired) electrons. The Morgan fingerprint density at radius 2 is 1.75 bits per heavy atom. The van der Waals surface area contributed by atoms with Crippen LogP contribution >= 0.6 is 11.6 Å². The van der Waals surface area contributed by atoms with E-state index in [0.717, 1.165) is 17.7 Å². The van der Waals surface area contributed by atoms with Crippen molar-refractivity contribution in [2.24, 2.45) is 0 Å². The number of amides is 2. The largest absolute Gasteiger partial charge is 0.450 e. The van der Waals surface area contributed by atoms with Crippen LogP contribution in [0.25, 0.3) is 11.0 Å². The molecule has 40 heavy (non-hydrogen) atoms. The van der Waals surface area contributed by atoms with Gasteiger partial charge in [-0.1, -0.05) is 48.0 Å². The molecule has 196 valence electrons. The first-order chi connectivity index (χ1) is 19.3. The molecule has 2 aliphatic rings. The maximum Gasteiger partial charge on any atom is 0.297 e. The number of carbonyl (C=O) groups excluding carboxylic acids is 2. The molecule has 2 amide bonds. The van der Waals surface area contributed by atoms with Crippen molar-refractivity contribution in [1.82, 2.24) is 4.98 Å². The van der Waals surface area contributed by atoms with E-state index < -0.39 is 28.6 Å². The molecule has 5 aromatic rings. The highest BCUT2D eigenvalue weighted by Crippen LogP contribution is 2.54. The lowest BCUT2D eigenvalue weighted by molar-refractivity contribution is -0.121. The van der Waals surface area contributed by atoms with Gasteiger partial charge in [0.15, 0.2) is 11.0 Å². The van der Waals surface area contributed by atoms with Crippen LogP contribution < -0.4 is 15.2 Å². The number of nitrogens with zero attached hydrogens (tertiary/aromatic N) is 3. The van der Waals surface area contributed by atoms with Crippen LogP contribution in [-0.4, -0.2) is 16.8 Å². The summed E-state index contributed by atoms with van der Waals surface area (Å²) in [6, 6.07) is 21.0. The second-order valence-electron chi connectivity index (χ2n) is 9.82. The Labute approximate surface area is 232 Å². The number of hydrogen-bond donors (Lipinski definition) is 0. The quantitative estimate of drug-likeness (QED) is 0.285. The van der Waals surface area contributed by atoms with Crippen molar-refractivity contribution in [3.63, 3.8) is 0 Å². The number of anilines is 2. The van der Waals surface area contributed by atoms with Crippen LogP contribution in [0.2, 0.25) is 5.02 Å². The van der Waals surface area contributed by atoms with Gasteiger partial charge in [-0.05, 0) is 60.5 Å². The fraction of sp³-hybridized carbons (Fsp3) is 0.0968. The Balaban J connectivity index is 1.58. The zero-order valence-corrected chi connectivity index (χ0v) is 21.8. The minimum atomic E-state index is -1.94. The summed E-state index contributed by atoms with van der Waals surface area (Å²) >= 11 is 6.47. The van der Waals surface area contributed by atoms with E-state index in [9.17, 15) is 18.8 Å². The Bertz CT molecular complexity index is 1970. The lowest BCUT2D eigenvalue weighted by Gasteiger charge is -2.33. The van der Waals surface area contributed by atoms with Crippen molar-refractivity contribution in [1.29, 1.82) is 0 Å². The molecule has 2 aromatic heterocycles. The molecule has 1 spiro atoms. The van der Waals surface area contributed by atoms with Crippen molar-refractivity contribution >= 4 is 45.9 Å². The monoisotopic (exact) mass is 551 g/mol. The van der Waals surface area contributed by atoms with Crippen LogP contribution in [0, 0.1) is 12.7 Å². The summed E-state index contributed by atoms with van der Waals surface area (Å²) in [6.45, 7) is 1.92. The molecule has 1 unspecified atom stereocenters. The fourth-order valence-electron chi connectivity index (χ4n) is 5.78. The first-order valence-electron chi connectivity index (χ1n) is 12.5. The normalized spacial score (nSPS) is 17.7. The SMILES string of the molecule is Cc1ccnc(N2C(=O)c3oc4ccc(F)cc4c(=O)c3C23C(=O)N(Cc2ccccc2Cl)c2ccccc23)c1. The number of aryl methyl sites for hydroxylation is 1. The highest BCUT2D eigenvalue weighted by atomic mass is 35.5. The van der Waals surface area contributed by atoms with Crippen LogP contribution in [0.4, 0.5) is 15.9 Å². The number of aromatic nitrogens is 1. The van der Waals surface area contributed by atoms with Crippen LogP contribution in [-0.2, 0) is 16.9 Å². The fourth-order valence-corrected chi connectivity index (χ4v) is 5.97. The molecule has 7 rings (SSSR count). The van der Waals surface area contributed by atoms with Gasteiger partial charge in [-0.25, -0.2) is 9.37 Å². The van der Waals surface area contributed by atoms with Crippen LogP contribution in [0.3, 0.4) is 0 Å². The molecule has 0 aliphatic carbocycles. The molecular weight excluding hydrogens is 533 g/mol. The van der Waals surface area contributed by atoms with Gasteiger partial charge in [-0.15, -0.1) is 0 Å². The van der Waals surface area contributed by atoms with E-state index in [1.165, 1.54) is 22.1 Å². The topological polar surface area (TPSA) is 83.7 Å². The summed E-state index contributed by atoms with van der Waals surface area (Å²) in [5, 5.41) is 0.398. The Hall–Kier alpha value is -4.82.